The number of aromatic nitrogens is 1. The fraction of sp³-hybridized carbons (Fsp3) is 0.448. The Kier molecular flexibility index (Phi) is 8.35. The quantitative estimate of drug-likeness (QED) is 0.376. The van der Waals surface area contributed by atoms with E-state index in [4.69, 9.17) is 18.7 Å². The van der Waals surface area contributed by atoms with Crippen molar-refractivity contribution in [1.82, 2.24) is 15.0 Å². The van der Waals surface area contributed by atoms with E-state index in [0.717, 1.165) is 17.1 Å². The number of ether oxygens (including phenoxy) is 3. The minimum atomic E-state index is -4.03. The van der Waals surface area contributed by atoms with Gasteiger partial charge in [-0.2, -0.15) is 0 Å². The molecule has 2 aliphatic heterocycles. The first-order valence-electron chi connectivity index (χ1n) is 13.7. The highest BCUT2D eigenvalue weighted by Crippen LogP contribution is 2.34. The molecule has 1 aromatic heterocycles. The number of aliphatic hydroxyl groups is 1. The third kappa shape index (κ3) is 6.03. The van der Waals surface area contributed by atoms with Gasteiger partial charge < -0.3 is 28.7 Å². The van der Waals surface area contributed by atoms with Gasteiger partial charge in [0.15, 0.2) is 22.2 Å². The molecule has 0 radical (unpaired) electrons. The van der Waals surface area contributed by atoms with Gasteiger partial charge in [0, 0.05) is 31.2 Å². The fourth-order valence-electron chi connectivity index (χ4n) is 5.29. The van der Waals surface area contributed by atoms with Crippen LogP contribution in [0.2, 0.25) is 0 Å². The molecule has 2 aromatic carbocycles. The van der Waals surface area contributed by atoms with Gasteiger partial charge in [0.25, 0.3) is 15.9 Å². The Morgan fingerprint density at radius 3 is 2.60 bits per heavy atom. The van der Waals surface area contributed by atoms with Crippen LogP contribution in [-0.4, -0.2) is 80.1 Å². The molecular weight excluding hydrogens is 564 g/mol. The molecule has 0 saturated carbocycles. The smallest absolute Gasteiger partial charge is 0.267 e. The van der Waals surface area contributed by atoms with Crippen molar-refractivity contribution in [3.05, 3.63) is 59.0 Å². The molecule has 0 aliphatic carbocycles. The van der Waals surface area contributed by atoms with Crippen LogP contribution < -0.4 is 18.9 Å². The lowest BCUT2D eigenvalue weighted by atomic mass is 9.99. The second-order valence-corrected chi connectivity index (χ2v) is 12.6. The molecule has 0 spiro atoms. The Hall–Kier alpha value is -3.81. The van der Waals surface area contributed by atoms with Crippen LogP contribution in [0.1, 0.15) is 41.2 Å². The SMILES string of the molecule is Cc1noc(C)c1S(=O)(=O)Nc1ccc2c(c1)C(=O)N([C@@H](C)CO)C[C@H](C)[C@@H](CN(C)Cc1ccc3c(c1)OCO3)O2. The van der Waals surface area contributed by atoms with Crippen LogP contribution in [0.15, 0.2) is 45.8 Å². The molecule has 2 N–H and O–H groups in total. The van der Waals surface area contributed by atoms with Gasteiger partial charge >= 0.3 is 0 Å². The van der Waals surface area contributed by atoms with E-state index in [0.29, 0.717) is 25.4 Å². The van der Waals surface area contributed by atoms with Crippen molar-refractivity contribution in [2.75, 3.05) is 38.3 Å². The summed E-state index contributed by atoms with van der Waals surface area (Å²) in [7, 11) is -2.04. The van der Waals surface area contributed by atoms with Crippen molar-refractivity contribution in [2.45, 2.75) is 51.3 Å². The van der Waals surface area contributed by atoms with Crippen LogP contribution >= 0.6 is 0 Å². The highest BCUT2D eigenvalue weighted by atomic mass is 32.2. The van der Waals surface area contributed by atoms with Crippen LogP contribution in [0.4, 0.5) is 5.69 Å². The Morgan fingerprint density at radius 2 is 1.88 bits per heavy atom. The number of aryl methyl sites for hydroxylation is 2. The molecule has 12 nitrogen and oxygen atoms in total. The maximum absolute atomic E-state index is 13.8. The summed E-state index contributed by atoms with van der Waals surface area (Å²) in [5, 5.41) is 13.7. The van der Waals surface area contributed by atoms with Crippen LogP contribution in [0.25, 0.3) is 0 Å². The molecule has 0 saturated heterocycles. The highest BCUT2D eigenvalue weighted by molar-refractivity contribution is 7.92. The van der Waals surface area contributed by atoms with Crippen LogP contribution in [-0.2, 0) is 16.6 Å². The van der Waals surface area contributed by atoms with Crippen molar-refractivity contribution in [3.63, 3.8) is 0 Å². The molecule has 3 aromatic rings. The van der Waals surface area contributed by atoms with Gasteiger partial charge in [-0.25, -0.2) is 8.42 Å². The zero-order chi connectivity index (χ0) is 30.2. The van der Waals surface area contributed by atoms with Crippen LogP contribution in [0.3, 0.4) is 0 Å². The second kappa shape index (κ2) is 11.8. The molecule has 226 valence electrons. The van der Waals surface area contributed by atoms with Gasteiger partial charge in [-0.1, -0.05) is 18.1 Å². The summed E-state index contributed by atoms with van der Waals surface area (Å²) >= 11 is 0. The normalized spacial score (nSPS) is 19.2. The molecule has 1 amide bonds. The van der Waals surface area contributed by atoms with Crippen molar-refractivity contribution in [1.29, 1.82) is 0 Å². The minimum Gasteiger partial charge on any atom is -0.488 e. The number of carbonyl (C=O) groups is 1. The van der Waals surface area contributed by atoms with Crippen molar-refractivity contribution in [3.8, 4) is 17.2 Å². The van der Waals surface area contributed by atoms with E-state index in [9.17, 15) is 18.3 Å². The summed E-state index contributed by atoms with van der Waals surface area (Å²) in [5.74, 6) is 1.51. The first-order chi connectivity index (χ1) is 20.0. The first kappa shape index (κ1) is 29.7. The zero-order valence-corrected chi connectivity index (χ0v) is 25.1. The monoisotopic (exact) mass is 600 g/mol. The minimum absolute atomic E-state index is 0.0493. The van der Waals surface area contributed by atoms with Gasteiger partial charge in [0.1, 0.15) is 17.5 Å². The van der Waals surface area contributed by atoms with E-state index in [1.54, 1.807) is 30.9 Å². The lowest BCUT2D eigenvalue weighted by molar-refractivity contribution is 0.0341. The number of rotatable bonds is 9. The molecule has 0 bridgehead atoms. The summed E-state index contributed by atoms with van der Waals surface area (Å²) in [6.45, 7) is 8.37. The molecule has 2 aliphatic rings. The van der Waals surface area contributed by atoms with E-state index < -0.39 is 16.1 Å². The summed E-state index contributed by atoms with van der Waals surface area (Å²) in [5.41, 5.74) is 1.67. The summed E-state index contributed by atoms with van der Waals surface area (Å²) in [6.07, 6.45) is -0.311. The number of aliphatic hydroxyl groups excluding tert-OH is 1. The van der Waals surface area contributed by atoms with E-state index >= 15 is 0 Å². The second-order valence-electron chi connectivity index (χ2n) is 11.0. The number of nitrogens with one attached hydrogen (secondary N) is 1. The highest BCUT2D eigenvalue weighted by Gasteiger charge is 2.34. The number of anilines is 1. The van der Waals surface area contributed by atoms with Gasteiger partial charge in [-0.05, 0) is 63.7 Å². The summed E-state index contributed by atoms with van der Waals surface area (Å²) < 4.78 is 51.2. The molecule has 42 heavy (non-hydrogen) atoms. The van der Waals surface area contributed by atoms with Crippen LogP contribution in [0.5, 0.6) is 17.2 Å². The molecule has 0 fully saturated rings. The number of hydrogen-bond acceptors (Lipinski definition) is 10. The van der Waals surface area contributed by atoms with E-state index in [2.05, 4.69) is 14.8 Å². The molecule has 0 unspecified atom stereocenters. The van der Waals surface area contributed by atoms with Crippen molar-refractivity contribution < 1.29 is 37.1 Å². The van der Waals surface area contributed by atoms with Gasteiger partial charge in [-0.15, -0.1) is 0 Å². The number of fused-ring (bicyclic) bond motifs is 2. The standard InChI is InChI=1S/C29H36N4O8S/c1-17-12-33(18(2)15-34)29(35)23-11-22(31-42(36,37)28-19(3)30-41-20(28)4)7-9-24(23)40-27(17)14-32(5)13-21-6-8-25-26(10-21)39-16-38-25/h6-11,17-18,27,31,34H,12-16H2,1-5H3/t17-,18-,27+/m0/s1. The number of hydrogen-bond donors (Lipinski definition) is 2. The summed E-state index contributed by atoms with van der Waals surface area (Å²) in [4.78, 5) is 17.5. The average molecular weight is 601 g/mol. The maximum Gasteiger partial charge on any atom is 0.267 e. The molecule has 3 atom stereocenters. The summed E-state index contributed by atoms with van der Waals surface area (Å²) in [6, 6.07) is 10.0. The first-order valence-corrected chi connectivity index (χ1v) is 15.2. The number of amides is 1. The van der Waals surface area contributed by atoms with Gasteiger partial charge in [-0.3, -0.25) is 14.4 Å². The lowest BCUT2D eigenvalue weighted by Crippen LogP contribution is -2.49. The van der Waals surface area contributed by atoms with Crippen molar-refractivity contribution >= 4 is 21.6 Å². The Balaban J connectivity index is 1.41. The van der Waals surface area contributed by atoms with E-state index in [-0.39, 0.29) is 58.9 Å². The molecule has 13 heteroatoms. The Labute approximate surface area is 245 Å². The maximum atomic E-state index is 13.8. The third-order valence-corrected chi connectivity index (χ3v) is 9.16. The molecule has 5 rings (SSSR count). The number of likely N-dealkylation sites (N-methyl/N-ethyl adjacent to an activating group) is 1. The number of sulfonamides is 1. The fourth-order valence-corrected chi connectivity index (χ4v) is 6.67. The topological polar surface area (TPSA) is 144 Å². The average Bonchev–Trinajstić information content (AvgIpc) is 3.55. The predicted octanol–water partition coefficient (Wildman–Crippen LogP) is 3.17. The van der Waals surface area contributed by atoms with Crippen LogP contribution in [0, 0.1) is 19.8 Å². The van der Waals surface area contributed by atoms with E-state index in [1.807, 2.05) is 32.2 Å². The number of benzene rings is 2. The Morgan fingerprint density at radius 1 is 1.14 bits per heavy atom. The molecule has 3 heterocycles. The van der Waals surface area contributed by atoms with Gasteiger partial charge in [0.2, 0.25) is 6.79 Å². The third-order valence-electron chi connectivity index (χ3n) is 7.53. The van der Waals surface area contributed by atoms with Gasteiger partial charge in [0.05, 0.1) is 18.2 Å². The van der Waals surface area contributed by atoms with E-state index in [1.165, 1.54) is 13.0 Å². The number of carbonyl (C=O) groups excluding carboxylic acids is 1. The Bertz CT molecular complexity index is 1550. The largest absolute Gasteiger partial charge is 0.488 e. The number of nitrogens with zero attached hydrogens (tertiary/aromatic N) is 3. The zero-order valence-electron chi connectivity index (χ0n) is 24.3. The molecular formula is C29H36N4O8S. The lowest BCUT2D eigenvalue weighted by Gasteiger charge is -2.38. The van der Waals surface area contributed by atoms with Crippen molar-refractivity contribution in [2.24, 2.45) is 5.92 Å². The predicted molar refractivity (Wildman–Crippen MR) is 153 cm³/mol.